The van der Waals surface area contributed by atoms with Crippen LogP contribution < -0.4 is 0 Å². The van der Waals surface area contributed by atoms with Crippen LogP contribution in [0.2, 0.25) is 0 Å². The fraction of sp³-hybridized carbons (Fsp3) is 0.0370. The van der Waals surface area contributed by atoms with Gasteiger partial charge in [-0.25, -0.2) is 0 Å². The SMILES string of the molecule is c1ccc2c(c1)Cc1c-2ccc2c1ccc1cc3sc4ccccc4c3cc12. The van der Waals surface area contributed by atoms with E-state index in [0.29, 0.717) is 0 Å². The molecule has 0 radical (unpaired) electrons. The molecule has 130 valence electrons. The van der Waals surface area contributed by atoms with E-state index in [-0.39, 0.29) is 0 Å². The minimum atomic E-state index is 1.04. The van der Waals surface area contributed by atoms with Gasteiger partial charge in [0.05, 0.1) is 0 Å². The minimum Gasteiger partial charge on any atom is -0.135 e. The van der Waals surface area contributed by atoms with Crippen LogP contribution in [0.15, 0.2) is 84.9 Å². The Morgan fingerprint density at radius 1 is 0.536 bits per heavy atom. The third kappa shape index (κ3) is 1.85. The van der Waals surface area contributed by atoms with Crippen molar-refractivity contribution in [3.05, 3.63) is 96.1 Å². The molecule has 0 saturated heterocycles. The third-order valence-electron chi connectivity index (χ3n) is 6.30. The molecule has 0 spiro atoms. The highest BCUT2D eigenvalue weighted by atomic mass is 32.1. The molecule has 1 aliphatic carbocycles. The summed E-state index contributed by atoms with van der Waals surface area (Å²) in [4.78, 5) is 0. The molecule has 1 heterocycles. The second-order valence-corrected chi connectivity index (χ2v) is 8.84. The van der Waals surface area contributed by atoms with Crippen LogP contribution in [0.5, 0.6) is 0 Å². The molecule has 0 amide bonds. The number of thiophene rings is 1. The van der Waals surface area contributed by atoms with Gasteiger partial charge in [-0.15, -0.1) is 11.3 Å². The van der Waals surface area contributed by atoms with Crippen LogP contribution in [-0.4, -0.2) is 0 Å². The van der Waals surface area contributed by atoms with Crippen molar-refractivity contribution in [2.75, 3.05) is 0 Å². The van der Waals surface area contributed by atoms with E-state index in [1.54, 1.807) is 0 Å². The van der Waals surface area contributed by atoms with Gasteiger partial charge in [-0.3, -0.25) is 0 Å². The standard InChI is InChI=1S/C27H16S/c1-2-6-18-16(5-1)13-24-19(18)11-12-20-21(24)10-9-17-14-27-25(15-23(17)20)22-7-3-4-8-26(22)28-27/h1-12,14-15H,13H2. The molecule has 1 aliphatic rings. The average Bonchev–Trinajstić information content (AvgIpc) is 3.30. The molecule has 0 N–H and O–H groups in total. The molecular formula is C27H16S. The summed E-state index contributed by atoms with van der Waals surface area (Å²) in [6, 6.07) is 31.7. The van der Waals surface area contributed by atoms with Gasteiger partial charge in [0, 0.05) is 20.2 Å². The van der Waals surface area contributed by atoms with Gasteiger partial charge in [-0.2, -0.15) is 0 Å². The molecule has 5 aromatic carbocycles. The van der Waals surface area contributed by atoms with Crippen LogP contribution in [-0.2, 0) is 6.42 Å². The first kappa shape index (κ1) is 14.8. The first-order valence-corrected chi connectivity index (χ1v) is 10.6. The predicted octanol–water partition coefficient (Wildman–Crippen LogP) is 7.93. The Hall–Kier alpha value is -3.16. The number of hydrogen-bond acceptors (Lipinski definition) is 1. The number of fused-ring (bicyclic) bond motifs is 10. The van der Waals surface area contributed by atoms with E-state index in [1.807, 2.05) is 11.3 Å². The fourth-order valence-electron chi connectivity index (χ4n) is 4.99. The smallest absolute Gasteiger partial charge is 0.0361 e. The lowest BCUT2D eigenvalue weighted by molar-refractivity contribution is 1.28. The van der Waals surface area contributed by atoms with Crippen molar-refractivity contribution < 1.29 is 0 Å². The third-order valence-corrected chi connectivity index (χ3v) is 7.43. The Morgan fingerprint density at radius 3 is 2.39 bits per heavy atom. The monoisotopic (exact) mass is 372 g/mol. The zero-order chi connectivity index (χ0) is 18.2. The summed E-state index contributed by atoms with van der Waals surface area (Å²) in [5.74, 6) is 0. The lowest BCUT2D eigenvalue weighted by Gasteiger charge is -2.09. The maximum Gasteiger partial charge on any atom is 0.0361 e. The zero-order valence-electron chi connectivity index (χ0n) is 15.2. The van der Waals surface area contributed by atoms with Crippen LogP contribution in [0.1, 0.15) is 11.1 Å². The van der Waals surface area contributed by atoms with Crippen molar-refractivity contribution in [3.8, 4) is 11.1 Å². The molecular weight excluding hydrogens is 356 g/mol. The van der Waals surface area contributed by atoms with Crippen molar-refractivity contribution >= 4 is 53.1 Å². The number of hydrogen-bond donors (Lipinski definition) is 0. The van der Waals surface area contributed by atoms with E-state index in [4.69, 9.17) is 0 Å². The fourth-order valence-corrected chi connectivity index (χ4v) is 6.13. The highest BCUT2D eigenvalue weighted by molar-refractivity contribution is 7.25. The largest absolute Gasteiger partial charge is 0.135 e. The Bertz CT molecular complexity index is 1580. The average molecular weight is 372 g/mol. The van der Waals surface area contributed by atoms with Gasteiger partial charge in [-0.1, -0.05) is 66.7 Å². The summed E-state index contributed by atoms with van der Waals surface area (Å²) < 4.78 is 2.75. The summed E-state index contributed by atoms with van der Waals surface area (Å²) >= 11 is 1.89. The molecule has 0 atom stereocenters. The topological polar surface area (TPSA) is 0 Å². The quantitative estimate of drug-likeness (QED) is 0.237. The van der Waals surface area contributed by atoms with Crippen molar-refractivity contribution in [3.63, 3.8) is 0 Å². The van der Waals surface area contributed by atoms with Crippen molar-refractivity contribution in [1.82, 2.24) is 0 Å². The number of rotatable bonds is 0. The molecule has 0 aliphatic heterocycles. The minimum absolute atomic E-state index is 1.04. The second-order valence-electron chi connectivity index (χ2n) is 7.75. The summed E-state index contributed by atoms with van der Waals surface area (Å²) in [5, 5.41) is 8.23. The highest BCUT2D eigenvalue weighted by Gasteiger charge is 2.20. The lowest BCUT2D eigenvalue weighted by atomic mass is 9.94. The molecule has 0 bridgehead atoms. The van der Waals surface area contributed by atoms with Gasteiger partial charge >= 0.3 is 0 Å². The molecule has 0 saturated carbocycles. The predicted molar refractivity (Wildman–Crippen MR) is 123 cm³/mol. The molecule has 6 aromatic rings. The Kier molecular flexibility index (Phi) is 2.76. The van der Waals surface area contributed by atoms with E-state index in [0.717, 1.165) is 6.42 Å². The van der Waals surface area contributed by atoms with E-state index in [9.17, 15) is 0 Å². The Balaban J connectivity index is 1.60. The van der Waals surface area contributed by atoms with Gasteiger partial charge < -0.3 is 0 Å². The summed E-state index contributed by atoms with van der Waals surface area (Å²) in [6.07, 6.45) is 1.04. The van der Waals surface area contributed by atoms with E-state index < -0.39 is 0 Å². The highest BCUT2D eigenvalue weighted by Crippen LogP contribution is 2.43. The van der Waals surface area contributed by atoms with Gasteiger partial charge in [0.2, 0.25) is 0 Å². The van der Waals surface area contributed by atoms with E-state index in [2.05, 4.69) is 84.9 Å². The maximum atomic E-state index is 2.42. The second kappa shape index (κ2) is 5.21. The molecule has 0 fully saturated rings. The van der Waals surface area contributed by atoms with Gasteiger partial charge in [0.1, 0.15) is 0 Å². The Morgan fingerprint density at radius 2 is 1.39 bits per heavy atom. The van der Waals surface area contributed by atoms with Crippen LogP contribution in [0, 0.1) is 0 Å². The van der Waals surface area contributed by atoms with Crippen LogP contribution >= 0.6 is 11.3 Å². The lowest BCUT2D eigenvalue weighted by Crippen LogP contribution is -1.86. The number of benzene rings is 5. The normalized spacial score (nSPS) is 12.9. The maximum absolute atomic E-state index is 2.42. The molecule has 1 heteroatoms. The molecule has 7 rings (SSSR count). The van der Waals surface area contributed by atoms with Gasteiger partial charge in [0.15, 0.2) is 0 Å². The summed E-state index contributed by atoms with van der Waals surface area (Å²) in [5.41, 5.74) is 5.74. The summed E-state index contributed by atoms with van der Waals surface area (Å²) in [6.45, 7) is 0. The Labute approximate surface area is 166 Å². The van der Waals surface area contributed by atoms with Crippen molar-refractivity contribution in [1.29, 1.82) is 0 Å². The van der Waals surface area contributed by atoms with Crippen LogP contribution in [0.25, 0.3) is 52.8 Å². The first-order chi connectivity index (χ1) is 13.9. The summed E-state index contributed by atoms with van der Waals surface area (Å²) in [7, 11) is 0. The molecule has 0 unspecified atom stereocenters. The van der Waals surface area contributed by atoms with Crippen molar-refractivity contribution in [2.24, 2.45) is 0 Å². The molecule has 28 heavy (non-hydrogen) atoms. The van der Waals surface area contributed by atoms with Gasteiger partial charge in [-0.05, 0) is 68.4 Å². The zero-order valence-corrected chi connectivity index (χ0v) is 16.0. The van der Waals surface area contributed by atoms with E-state index in [1.165, 1.54) is 64.0 Å². The first-order valence-electron chi connectivity index (χ1n) is 9.75. The molecule has 0 nitrogen and oxygen atoms in total. The van der Waals surface area contributed by atoms with E-state index >= 15 is 0 Å². The van der Waals surface area contributed by atoms with Crippen molar-refractivity contribution in [2.45, 2.75) is 6.42 Å². The van der Waals surface area contributed by atoms with Gasteiger partial charge in [0.25, 0.3) is 0 Å². The van der Waals surface area contributed by atoms with Crippen LogP contribution in [0.4, 0.5) is 0 Å². The van der Waals surface area contributed by atoms with Crippen LogP contribution in [0.3, 0.4) is 0 Å². The molecule has 1 aromatic heterocycles.